The average Bonchev–Trinajstić information content (AvgIpc) is 3.23. The van der Waals surface area contributed by atoms with Crippen molar-refractivity contribution >= 4 is 29.2 Å². The van der Waals surface area contributed by atoms with Crippen molar-refractivity contribution in [3.8, 4) is 5.75 Å². The lowest BCUT2D eigenvalue weighted by molar-refractivity contribution is 0.412. The van der Waals surface area contributed by atoms with E-state index >= 15 is 0 Å². The standard InChI is InChI=1S/C18H17N3OS/c1-10-6-11(2)19-13(10)8-16-17(22-3)9-15(20-16)14-7-12-4-5-23-18(12)21-14/h4-9,19-20H,1-3H3/b15-14-,16-8-. The van der Waals surface area contributed by atoms with Gasteiger partial charge in [-0.3, -0.25) is 0 Å². The molecule has 0 atom stereocenters. The molecule has 0 amide bonds. The number of hydrogen-bond donors (Lipinski definition) is 2. The summed E-state index contributed by atoms with van der Waals surface area (Å²) < 4.78 is 6.59. The van der Waals surface area contributed by atoms with E-state index in [-0.39, 0.29) is 0 Å². The summed E-state index contributed by atoms with van der Waals surface area (Å²) in [5.74, 6) is 0.818. The van der Waals surface area contributed by atoms with E-state index in [1.54, 1.807) is 18.4 Å². The van der Waals surface area contributed by atoms with Gasteiger partial charge in [0, 0.05) is 22.7 Å². The third-order valence-electron chi connectivity index (χ3n) is 3.97. The van der Waals surface area contributed by atoms with E-state index in [1.165, 1.54) is 10.8 Å². The van der Waals surface area contributed by atoms with Gasteiger partial charge in [-0.15, -0.1) is 11.3 Å². The number of aryl methyl sites for hydroxylation is 2. The van der Waals surface area contributed by atoms with Gasteiger partial charge in [-0.05, 0) is 49.1 Å². The molecule has 1 aliphatic heterocycles. The van der Waals surface area contributed by atoms with Crippen molar-refractivity contribution in [3.63, 3.8) is 0 Å². The second-order valence-corrected chi connectivity index (χ2v) is 6.58. The van der Waals surface area contributed by atoms with Crippen molar-refractivity contribution in [2.45, 2.75) is 13.8 Å². The van der Waals surface area contributed by atoms with E-state index < -0.39 is 0 Å². The highest BCUT2D eigenvalue weighted by Crippen LogP contribution is 2.10. The minimum Gasteiger partial charge on any atom is -0.494 e. The Kier molecular flexibility index (Phi) is 3.23. The molecule has 3 aromatic heterocycles. The first kappa shape index (κ1) is 14.1. The summed E-state index contributed by atoms with van der Waals surface area (Å²) in [6, 6.07) is 6.23. The molecule has 23 heavy (non-hydrogen) atoms. The van der Waals surface area contributed by atoms with Crippen LogP contribution in [0, 0.1) is 13.8 Å². The summed E-state index contributed by atoms with van der Waals surface area (Å²) in [6.45, 7) is 4.15. The molecule has 0 spiro atoms. The highest BCUT2D eigenvalue weighted by Gasteiger charge is 2.07. The predicted molar refractivity (Wildman–Crippen MR) is 93.4 cm³/mol. The Morgan fingerprint density at radius 3 is 2.78 bits per heavy atom. The normalized spacial score (nSPS) is 16.2. The molecule has 4 heterocycles. The average molecular weight is 323 g/mol. The molecule has 1 aliphatic rings. The molecule has 0 aliphatic carbocycles. The molecule has 0 saturated heterocycles. The van der Waals surface area contributed by atoms with Crippen molar-refractivity contribution in [1.29, 1.82) is 0 Å². The number of ether oxygens (including phenoxy) is 1. The number of thiophene rings is 1. The number of methoxy groups -OCH3 is 1. The van der Waals surface area contributed by atoms with Crippen molar-refractivity contribution in [2.24, 2.45) is 4.99 Å². The van der Waals surface area contributed by atoms with E-state index in [0.717, 1.165) is 38.2 Å². The van der Waals surface area contributed by atoms with Gasteiger partial charge in [0.1, 0.15) is 10.4 Å². The van der Waals surface area contributed by atoms with Crippen molar-refractivity contribution in [1.82, 2.24) is 9.97 Å². The molecule has 0 unspecified atom stereocenters. The monoisotopic (exact) mass is 323 g/mol. The molecule has 0 fully saturated rings. The Bertz CT molecular complexity index is 1100. The van der Waals surface area contributed by atoms with Crippen molar-refractivity contribution in [2.75, 3.05) is 7.11 Å². The van der Waals surface area contributed by atoms with Crippen LogP contribution in [0.2, 0.25) is 0 Å². The summed E-state index contributed by atoms with van der Waals surface area (Å²) >= 11 is 1.66. The van der Waals surface area contributed by atoms with E-state index in [1.807, 2.05) is 6.07 Å². The molecular weight excluding hydrogens is 306 g/mol. The fourth-order valence-electron chi connectivity index (χ4n) is 2.85. The molecule has 2 N–H and O–H groups in total. The molecule has 5 heteroatoms. The Balaban J connectivity index is 1.92. The third-order valence-corrected chi connectivity index (χ3v) is 4.80. The van der Waals surface area contributed by atoms with Crippen LogP contribution in [-0.4, -0.2) is 17.1 Å². The molecule has 3 aromatic rings. The zero-order valence-corrected chi connectivity index (χ0v) is 14.0. The second kappa shape index (κ2) is 5.28. The lowest BCUT2D eigenvalue weighted by Gasteiger charge is -1.94. The summed E-state index contributed by atoms with van der Waals surface area (Å²) in [6.07, 6.45) is 4.18. The Morgan fingerprint density at radius 2 is 2.09 bits per heavy atom. The Hall–Kier alpha value is -2.53. The maximum atomic E-state index is 5.52. The highest BCUT2D eigenvalue weighted by atomic mass is 32.1. The number of aromatic amines is 2. The van der Waals surface area contributed by atoms with Gasteiger partial charge < -0.3 is 14.7 Å². The third kappa shape index (κ3) is 2.43. The van der Waals surface area contributed by atoms with Gasteiger partial charge in [-0.25, -0.2) is 4.99 Å². The fourth-order valence-corrected chi connectivity index (χ4v) is 3.61. The van der Waals surface area contributed by atoms with Crippen molar-refractivity contribution in [3.05, 3.63) is 61.1 Å². The number of rotatable bonds is 2. The highest BCUT2D eigenvalue weighted by molar-refractivity contribution is 7.07. The zero-order valence-electron chi connectivity index (χ0n) is 13.2. The van der Waals surface area contributed by atoms with Crippen LogP contribution >= 0.6 is 11.3 Å². The Labute approximate surface area is 137 Å². The Morgan fingerprint density at radius 1 is 1.22 bits per heavy atom. The van der Waals surface area contributed by atoms with Gasteiger partial charge in [-0.2, -0.15) is 0 Å². The van der Waals surface area contributed by atoms with E-state index in [2.05, 4.69) is 58.5 Å². The number of nitrogens with one attached hydrogen (secondary N) is 2. The van der Waals surface area contributed by atoms with Crippen LogP contribution in [0.25, 0.3) is 17.8 Å². The van der Waals surface area contributed by atoms with Crippen LogP contribution in [0.1, 0.15) is 17.0 Å². The van der Waals surface area contributed by atoms with Crippen LogP contribution in [0.4, 0.5) is 0 Å². The molecular formula is C18H17N3OS. The maximum absolute atomic E-state index is 5.52. The summed E-state index contributed by atoms with van der Waals surface area (Å²) in [4.78, 5) is 11.5. The topological polar surface area (TPSA) is 53.2 Å². The van der Waals surface area contributed by atoms with Gasteiger partial charge in [0.05, 0.1) is 23.5 Å². The van der Waals surface area contributed by atoms with E-state index in [9.17, 15) is 0 Å². The minimum absolute atomic E-state index is 0.818. The van der Waals surface area contributed by atoms with Crippen LogP contribution in [0.3, 0.4) is 0 Å². The van der Waals surface area contributed by atoms with Crippen LogP contribution in [0.15, 0.2) is 28.6 Å². The zero-order chi connectivity index (χ0) is 16.0. The first-order chi connectivity index (χ1) is 11.1. The van der Waals surface area contributed by atoms with Crippen LogP contribution < -0.4 is 25.3 Å². The lowest BCUT2D eigenvalue weighted by Crippen LogP contribution is -2.12. The van der Waals surface area contributed by atoms with Gasteiger partial charge in [0.25, 0.3) is 0 Å². The molecule has 0 radical (unpaired) electrons. The quantitative estimate of drug-likeness (QED) is 0.728. The molecule has 0 bridgehead atoms. The van der Waals surface area contributed by atoms with Gasteiger partial charge in [-0.1, -0.05) is 0 Å². The molecule has 4 nitrogen and oxygen atoms in total. The minimum atomic E-state index is 0.818. The summed E-state index contributed by atoms with van der Waals surface area (Å²) in [5.41, 5.74) is 4.40. The number of hydrogen-bond acceptors (Lipinski definition) is 3. The van der Waals surface area contributed by atoms with Crippen LogP contribution in [-0.2, 0) is 0 Å². The van der Waals surface area contributed by atoms with Gasteiger partial charge in [0.2, 0.25) is 0 Å². The van der Waals surface area contributed by atoms with Crippen LogP contribution in [0.5, 0.6) is 5.75 Å². The fraction of sp³-hybridized carbons (Fsp3) is 0.167. The largest absolute Gasteiger partial charge is 0.494 e. The van der Waals surface area contributed by atoms with E-state index in [0.29, 0.717) is 0 Å². The number of H-pyrrole nitrogens is 2. The smallest absolute Gasteiger partial charge is 0.144 e. The summed E-state index contributed by atoms with van der Waals surface area (Å²) in [5, 5.41) is 5.16. The summed E-state index contributed by atoms with van der Waals surface area (Å²) in [7, 11) is 1.69. The number of fused-ring (bicyclic) bond motifs is 1. The first-order valence-electron chi connectivity index (χ1n) is 7.43. The number of nitrogens with zero attached hydrogens (tertiary/aromatic N) is 1. The second-order valence-electron chi connectivity index (χ2n) is 5.68. The predicted octanol–water partition coefficient (Wildman–Crippen LogP) is 1.08. The maximum Gasteiger partial charge on any atom is 0.144 e. The molecule has 116 valence electrons. The molecule has 0 saturated carbocycles. The molecule has 0 aromatic carbocycles. The SMILES string of the molecule is COc1c/c(=C2\C=c3ccsc3=N2)[nH]/c1=C\c1[nH]c(C)cc1C. The lowest BCUT2D eigenvalue weighted by atomic mass is 10.2. The van der Waals surface area contributed by atoms with Gasteiger partial charge >= 0.3 is 0 Å². The van der Waals surface area contributed by atoms with Gasteiger partial charge in [0.15, 0.2) is 0 Å². The van der Waals surface area contributed by atoms with E-state index in [4.69, 9.17) is 4.74 Å². The molecule has 4 rings (SSSR count). The first-order valence-corrected chi connectivity index (χ1v) is 8.31. The van der Waals surface area contributed by atoms with Crippen molar-refractivity contribution < 1.29 is 4.74 Å². The number of aromatic nitrogens is 2.